The van der Waals surface area contributed by atoms with Gasteiger partial charge in [0.2, 0.25) is 0 Å². The van der Waals surface area contributed by atoms with Crippen LogP contribution in [0, 0.1) is 0 Å². The summed E-state index contributed by atoms with van der Waals surface area (Å²) in [6, 6.07) is 4.76. The summed E-state index contributed by atoms with van der Waals surface area (Å²) in [7, 11) is 0. The van der Waals surface area contributed by atoms with Crippen molar-refractivity contribution in [1.29, 1.82) is 0 Å². The largest absolute Gasteiger partial charge is 0.385 e. The van der Waals surface area contributed by atoms with Gasteiger partial charge in [-0.05, 0) is 19.1 Å². The van der Waals surface area contributed by atoms with Gasteiger partial charge in [0.1, 0.15) is 6.10 Å². The number of carbonyl (C=O) groups excluding carboxylic acids is 1. The number of hydrogen-bond donors (Lipinski definition) is 1. The van der Waals surface area contributed by atoms with E-state index in [4.69, 9.17) is 28.3 Å². The van der Waals surface area contributed by atoms with Gasteiger partial charge in [-0.25, -0.2) is 0 Å². The first-order chi connectivity index (χ1) is 6.04. The minimum Gasteiger partial charge on any atom is -0.385 e. The molecular formula is C9H8Cl2O2. The van der Waals surface area contributed by atoms with Crippen LogP contribution in [-0.2, 0) is 0 Å². The second-order valence-electron chi connectivity index (χ2n) is 2.64. The predicted molar refractivity (Wildman–Crippen MR) is 52.5 cm³/mol. The molecule has 0 amide bonds. The number of Topliss-reactive ketones (excluding diaryl/α,β-unsaturated/α-hetero) is 1. The number of ketones is 1. The summed E-state index contributed by atoms with van der Waals surface area (Å²) in [4.78, 5) is 11.4. The van der Waals surface area contributed by atoms with E-state index in [1.54, 1.807) is 18.2 Å². The fraction of sp³-hybridized carbons (Fsp3) is 0.222. The fourth-order valence-electron chi connectivity index (χ4n) is 0.942. The first-order valence-corrected chi connectivity index (χ1v) is 4.46. The minimum absolute atomic E-state index is 0.181. The second-order valence-corrected chi connectivity index (χ2v) is 3.45. The number of aliphatic hydroxyl groups is 1. The molecule has 0 unspecified atom stereocenters. The lowest BCUT2D eigenvalue weighted by Gasteiger charge is -2.07. The summed E-state index contributed by atoms with van der Waals surface area (Å²) in [5.41, 5.74) is 0.181. The molecule has 4 heteroatoms. The van der Waals surface area contributed by atoms with Crippen molar-refractivity contribution >= 4 is 29.0 Å². The monoisotopic (exact) mass is 218 g/mol. The van der Waals surface area contributed by atoms with Gasteiger partial charge in [0.15, 0.2) is 5.78 Å². The molecule has 70 valence electrons. The molecule has 1 aromatic rings. The van der Waals surface area contributed by atoms with Crippen LogP contribution in [0.1, 0.15) is 17.3 Å². The molecule has 1 atom stereocenters. The molecule has 0 aliphatic heterocycles. The fourth-order valence-corrected chi connectivity index (χ4v) is 1.53. The topological polar surface area (TPSA) is 37.3 Å². The van der Waals surface area contributed by atoms with Crippen molar-refractivity contribution in [3.63, 3.8) is 0 Å². The van der Waals surface area contributed by atoms with Crippen molar-refractivity contribution in [1.82, 2.24) is 0 Å². The van der Waals surface area contributed by atoms with E-state index in [2.05, 4.69) is 0 Å². The molecule has 0 radical (unpaired) electrons. The summed E-state index contributed by atoms with van der Waals surface area (Å²) < 4.78 is 0. The van der Waals surface area contributed by atoms with Crippen LogP contribution in [0.15, 0.2) is 18.2 Å². The number of carbonyl (C=O) groups is 1. The van der Waals surface area contributed by atoms with Gasteiger partial charge in [-0.15, -0.1) is 0 Å². The van der Waals surface area contributed by atoms with Crippen molar-refractivity contribution in [2.24, 2.45) is 0 Å². The Morgan fingerprint density at radius 3 is 2.23 bits per heavy atom. The molecule has 1 aromatic carbocycles. The summed E-state index contributed by atoms with van der Waals surface area (Å²) in [5.74, 6) is -0.462. The first kappa shape index (κ1) is 10.5. The van der Waals surface area contributed by atoms with Gasteiger partial charge >= 0.3 is 0 Å². The molecule has 0 aliphatic rings. The Kier molecular flexibility index (Phi) is 3.31. The Hall–Kier alpha value is -0.570. The third kappa shape index (κ3) is 2.21. The average molecular weight is 219 g/mol. The lowest BCUT2D eigenvalue weighted by atomic mass is 10.1. The zero-order valence-corrected chi connectivity index (χ0v) is 8.43. The van der Waals surface area contributed by atoms with Crippen LogP contribution >= 0.6 is 23.2 Å². The van der Waals surface area contributed by atoms with Crippen LogP contribution in [0.4, 0.5) is 0 Å². The van der Waals surface area contributed by atoms with Crippen molar-refractivity contribution in [2.75, 3.05) is 0 Å². The Morgan fingerprint density at radius 1 is 1.38 bits per heavy atom. The van der Waals surface area contributed by atoms with Gasteiger partial charge in [-0.3, -0.25) is 4.79 Å². The molecule has 0 saturated heterocycles. The van der Waals surface area contributed by atoms with Crippen LogP contribution in [0.5, 0.6) is 0 Å². The summed E-state index contributed by atoms with van der Waals surface area (Å²) >= 11 is 11.5. The minimum atomic E-state index is -1.09. The Balaban J connectivity index is 3.20. The first-order valence-electron chi connectivity index (χ1n) is 3.70. The van der Waals surface area contributed by atoms with Gasteiger partial charge in [0.05, 0.1) is 15.6 Å². The maximum Gasteiger partial charge on any atom is 0.193 e. The van der Waals surface area contributed by atoms with E-state index in [9.17, 15) is 4.79 Å². The highest BCUT2D eigenvalue weighted by Crippen LogP contribution is 2.25. The zero-order chi connectivity index (χ0) is 10.0. The lowest BCUT2D eigenvalue weighted by Crippen LogP contribution is -2.16. The molecule has 0 bridgehead atoms. The van der Waals surface area contributed by atoms with E-state index in [1.165, 1.54) is 6.92 Å². The predicted octanol–water partition coefficient (Wildman–Crippen LogP) is 2.56. The molecule has 0 fully saturated rings. The van der Waals surface area contributed by atoms with Gasteiger partial charge < -0.3 is 5.11 Å². The van der Waals surface area contributed by atoms with Crippen LogP contribution in [0.3, 0.4) is 0 Å². The van der Waals surface area contributed by atoms with E-state index in [0.29, 0.717) is 0 Å². The second kappa shape index (κ2) is 4.09. The normalized spacial score (nSPS) is 12.6. The third-order valence-corrected chi connectivity index (χ3v) is 2.22. The maximum absolute atomic E-state index is 11.4. The Bertz CT molecular complexity index is 314. The molecular weight excluding hydrogens is 211 g/mol. The molecule has 0 spiro atoms. The van der Waals surface area contributed by atoms with E-state index in [1.807, 2.05) is 0 Å². The molecule has 0 heterocycles. The van der Waals surface area contributed by atoms with Crippen LogP contribution < -0.4 is 0 Å². The summed E-state index contributed by atoms with van der Waals surface area (Å²) in [6.07, 6.45) is -1.09. The highest BCUT2D eigenvalue weighted by Gasteiger charge is 2.18. The number of benzene rings is 1. The summed E-state index contributed by atoms with van der Waals surface area (Å²) in [5, 5.41) is 9.58. The van der Waals surface area contributed by atoms with E-state index >= 15 is 0 Å². The van der Waals surface area contributed by atoms with Crippen molar-refractivity contribution in [2.45, 2.75) is 13.0 Å². The average Bonchev–Trinajstić information content (AvgIpc) is 2.03. The van der Waals surface area contributed by atoms with Gasteiger partial charge in [0, 0.05) is 0 Å². The van der Waals surface area contributed by atoms with Gasteiger partial charge in [-0.1, -0.05) is 29.3 Å². The zero-order valence-electron chi connectivity index (χ0n) is 6.92. The Labute approximate surface area is 86.1 Å². The van der Waals surface area contributed by atoms with Gasteiger partial charge in [0.25, 0.3) is 0 Å². The molecule has 0 aliphatic carbocycles. The van der Waals surface area contributed by atoms with Crippen molar-refractivity contribution < 1.29 is 9.90 Å². The van der Waals surface area contributed by atoms with E-state index in [0.717, 1.165) is 0 Å². The number of halogens is 2. The molecule has 0 saturated carbocycles. The lowest BCUT2D eigenvalue weighted by molar-refractivity contribution is 0.0780. The van der Waals surface area contributed by atoms with E-state index < -0.39 is 11.9 Å². The number of rotatable bonds is 2. The van der Waals surface area contributed by atoms with Crippen molar-refractivity contribution in [3.05, 3.63) is 33.8 Å². The molecule has 1 N–H and O–H groups in total. The standard InChI is InChI=1S/C9H8Cl2O2/c1-5(12)9(13)8-6(10)3-2-4-7(8)11/h2-5,12H,1H3/t5-/m1/s1. The summed E-state index contributed by atoms with van der Waals surface area (Å²) in [6.45, 7) is 1.38. The van der Waals surface area contributed by atoms with E-state index in [-0.39, 0.29) is 15.6 Å². The third-order valence-electron chi connectivity index (χ3n) is 1.59. The van der Waals surface area contributed by atoms with Gasteiger partial charge in [-0.2, -0.15) is 0 Å². The van der Waals surface area contributed by atoms with Crippen LogP contribution in [-0.4, -0.2) is 17.0 Å². The van der Waals surface area contributed by atoms with Crippen molar-refractivity contribution in [3.8, 4) is 0 Å². The van der Waals surface area contributed by atoms with Crippen LogP contribution in [0.25, 0.3) is 0 Å². The highest BCUT2D eigenvalue weighted by atomic mass is 35.5. The SMILES string of the molecule is C[C@@H](O)C(=O)c1c(Cl)cccc1Cl. The number of hydrogen-bond acceptors (Lipinski definition) is 2. The molecule has 1 rings (SSSR count). The number of aliphatic hydroxyl groups excluding tert-OH is 1. The Morgan fingerprint density at radius 2 is 1.85 bits per heavy atom. The highest BCUT2D eigenvalue weighted by molar-refractivity contribution is 6.40. The maximum atomic E-state index is 11.4. The van der Waals surface area contributed by atoms with Crippen LogP contribution in [0.2, 0.25) is 10.0 Å². The quantitative estimate of drug-likeness (QED) is 0.776. The molecule has 13 heavy (non-hydrogen) atoms. The molecule has 2 nitrogen and oxygen atoms in total. The smallest absolute Gasteiger partial charge is 0.193 e. The molecule has 0 aromatic heterocycles.